The summed E-state index contributed by atoms with van der Waals surface area (Å²) < 4.78 is 1.53. The van der Waals surface area contributed by atoms with E-state index in [0.717, 1.165) is 5.69 Å². The molecule has 1 N–H and O–H groups in total. The van der Waals surface area contributed by atoms with Crippen LogP contribution < -0.4 is 10.5 Å². The third-order valence-electron chi connectivity index (χ3n) is 4.78. The number of hydrogen-bond acceptors (Lipinski definition) is 4. The summed E-state index contributed by atoms with van der Waals surface area (Å²) in [7, 11) is 3.32. The van der Waals surface area contributed by atoms with Crippen LogP contribution in [0.5, 0.6) is 0 Å². The summed E-state index contributed by atoms with van der Waals surface area (Å²) in [4.78, 5) is 40.2. The topological polar surface area (TPSA) is 91.3 Å². The van der Waals surface area contributed by atoms with E-state index in [9.17, 15) is 14.4 Å². The van der Waals surface area contributed by atoms with E-state index in [0.29, 0.717) is 29.9 Å². The number of anilines is 1. The average molecular weight is 377 g/mol. The van der Waals surface area contributed by atoms with Gasteiger partial charge in [-0.1, -0.05) is 6.07 Å². The summed E-state index contributed by atoms with van der Waals surface area (Å²) in [6, 6.07) is 12.2. The second kappa shape index (κ2) is 6.80. The number of amides is 2. The zero-order valence-corrected chi connectivity index (χ0v) is 15.5. The molecule has 0 radical (unpaired) electrons. The molecule has 8 nitrogen and oxygen atoms in total. The second-order valence-electron chi connectivity index (χ2n) is 6.76. The zero-order valence-electron chi connectivity index (χ0n) is 15.5. The molecule has 0 fully saturated rings. The van der Waals surface area contributed by atoms with E-state index in [1.54, 1.807) is 61.6 Å². The molecule has 0 atom stereocenters. The second-order valence-corrected chi connectivity index (χ2v) is 6.76. The Morgan fingerprint density at radius 3 is 2.46 bits per heavy atom. The van der Waals surface area contributed by atoms with Gasteiger partial charge in [0.25, 0.3) is 17.4 Å². The first-order chi connectivity index (χ1) is 13.5. The molecule has 0 unspecified atom stereocenters. The highest BCUT2D eigenvalue weighted by atomic mass is 16.2. The lowest BCUT2D eigenvalue weighted by molar-refractivity contribution is 0.0821. The van der Waals surface area contributed by atoms with Gasteiger partial charge >= 0.3 is 0 Å². The molecule has 1 aromatic carbocycles. The van der Waals surface area contributed by atoms with Crippen molar-refractivity contribution in [1.82, 2.24) is 19.7 Å². The summed E-state index contributed by atoms with van der Waals surface area (Å²) in [6.45, 7) is 0.448. The van der Waals surface area contributed by atoms with Crippen LogP contribution in [0.3, 0.4) is 0 Å². The predicted molar refractivity (Wildman–Crippen MR) is 104 cm³/mol. The van der Waals surface area contributed by atoms with Crippen molar-refractivity contribution in [2.75, 3.05) is 25.5 Å². The lowest BCUT2D eigenvalue weighted by Crippen LogP contribution is -2.38. The van der Waals surface area contributed by atoms with E-state index in [2.05, 4.69) is 10.2 Å². The zero-order chi connectivity index (χ0) is 19.8. The van der Waals surface area contributed by atoms with E-state index in [-0.39, 0.29) is 23.1 Å². The largest absolute Gasteiger partial charge is 0.343 e. The highest BCUT2D eigenvalue weighted by molar-refractivity contribution is 6.09. The molecule has 0 aliphatic carbocycles. The van der Waals surface area contributed by atoms with E-state index in [4.69, 9.17) is 0 Å². The van der Waals surface area contributed by atoms with Crippen LogP contribution in [0.15, 0.2) is 53.5 Å². The van der Waals surface area contributed by atoms with Crippen LogP contribution in [0.1, 0.15) is 26.5 Å². The van der Waals surface area contributed by atoms with Gasteiger partial charge in [0.1, 0.15) is 5.69 Å². The van der Waals surface area contributed by atoms with Crippen LogP contribution in [0.25, 0.3) is 5.69 Å². The van der Waals surface area contributed by atoms with Gasteiger partial charge in [-0.3, -0.25) is 24.0 Å². The third kappa shape index (κ3) is 2.88. The minimum atomic E-state index is -0.250. The van der Waals surface area contributed by atoms with Crippen LogP contribution >= 0.6 is 0 Å². The molecule has 2 aromatic heterocycles. The minimum absolute atomic E-state index is 0.122. The fourth-order valence-electron chi connectivity index (χ4n) is 3.32. The normalized spacial score (nSPS) is 13.4. The Balaban J connectivity index is 1.62. The van der Waals surface area contributed by atoms with Crippen LogP contribution in [0.4, 0.5) is 5.69 Å². The smallest absolute Gasteiger partial charge is 0.279 e. The molecule has 142 valence electrons. The Morgan fingerprint density at radius 1 is 1.07 bits per heavy atom. The van der Waals surface area contributed by atoms with Crippen molar-refractivity contribution in [1.29, 1.82) is 0 Å². The number of carbonyl (C=O) groups excluding carboxylic acids is 2. The van der Waals surface area contributed by atoms with Gasteiger partial charge in [0.05, 0.1) is 0 Å². The van der Waals surface area contributed by atoms with Crippen molar-refractivity contribution >= 4 is 17.5 Å². The van der Waals surface area contributed by atoms with Gasteiger partial charge in [0, 0.05) is 49.8 Å². The fourth-order valence-corrected chi connectivity index (χ4v) is 3.32. The molecular weight excluding hydrogens is 358 g/mol. The van der Waals surface area contributed by atoms with E-state index < -0.39 is 0 Å². The standard InChI is InChI=1S/C20H19N5O3/c1-23(2)19(27)17-15-10-12-25(20(28)18(15)22-21-17)14-8-6-13(7-9-14)24-11-4-3-5-16(24)26/h3-9,11H,10,12H2,1-2H3,(H,21,22). The number of H-pyrrole nitrogens is 1. The van der Waals surface area contributed by atoms with E-state index in [1.807, 2.05) is 0 Å². The molecule has 8 heteroatoms. The Hall–Kier alpha value is -3.68. The van der Waals surface area contributed by atoms with Crippen molar-refractivity contribution in [3.63, 3.8) is 0 Å². The van der Waals surface area contributed by atoms with Crippen LogP contribution in [0, 0.1) is 0 Å². The number of hydrogen-bond donors (Lipinski definition) is 1. The number of nitrogens with zero attached hydrogens (tertiary/aromatic N) is 4. The number of nitrogens with one attached hydrogen (secondary N) is 1. The molecule has 0 saturated heterocycles. The molecule has 0 bridgehead atoms. The lowest BCUT2D eigenvalue weighted by Gasteiger charge is -2.26. The third-order valence-corrected chi connectivity index (χ3v) is 4.78. The van der Waals surface area contributed by atoms with Gasteiger partial charge in [0.15, 0.2) is 5.69 Å². The Kier molecular flexibility index (Phi) is 4.31. The maximum absolute atomic E-state index is 12.9. The first-order valence-corrected chi connectivity index (χ1v) is 8.86. The summed E-state index contributed by atoms with van der Waals surface area (Å²) in [6.07, 6.45) is 2.23. The number of carbonyl (C=O) groups is 2. The molecule has 3 aromatic rings. The highest BCUT2D eigenvalue weighted by Gasteiger charge is 2.32. The first-order valence-electron chi connectivity index (χ1n) is 8.86. The molecule has 4 rings (SSSR count). The van der Waals surface area contributed by atoms with Crippen LogP contribution in [-0.2, 0) is 6.42 Å². The van der Waals surface area contributed by atoms with Gasteiger partial charge in [-0.15, -0.1) is 0 Å². The summed E-state index contributed by atoms with van der Waals surface area (Å²) in [5.41, 5.74) is 2.62. The predicted octanol–water partition coefficient (Wildman–Crippen LogP) is 1.47. The van der Waals surface area contributed by atoms with Gasteiger partial charge in [-0.2, -0.15) is 5.10 Å². The molecular formula is C20H19N5O3. The molecule has 1 aliphatic heterocycles. The average Bonchev–Trinajstić information content (AvgIpc) is 3.13. The van der Waals surface area contributed by atoms with Crippen molar-refractivity contribution in [3.05, 3.63) is 76.0 Å². The molecule has 28 heavy (non-hydrogen) atoms. The van der Waals surface area contributed by atoms with Crippen LogP contribution in [0.2, 0.25) is 0 Å². The fraction of sp³-hybridized carbons (Fsp3) is 0.200. The number of benzene rings is 1. The molecule has 1 aliphatic rings. The maximum Gasteiger partial charge on any atom is 0.279 e. The number of aromatic amines is 1. The maximum atomic E-state index is 12.9. The Morgan fingerprint density at radius 2 is 1.79 bits per heavy atom. The van der Waals surface area contributed by atoms with Crippen molar-refractivity contribution in [3.8, 4) is 5.69 Å². The van der Waals surface area contributed by atoms with Gasteiger partial charge in [-0.25, -0.2) is 0 Å². The number of rotatable bonds is 3. The first kappa shape index (κ1) is 17.7. The number of fused-ring (bicyclic) bond motifs is 1. The monoisotopic (exact) mass is 377 g/mol. The molecule has 0 saturated carbocycles. The molecule has 0 spiro atoms. The summed E-state index contributed by atoms with van der Waals surface area (Å²) >= 11 is 0. The van der Waals surface area contributed by atoms with E-state index >= 15 is 0 Å². The van der Waals surface area contributed by atoms with Gasteiger partial charge in [-0.05, 0) is 36.8 Å². The van der Waals surface area contributed by atoms with Crippen molar-refractivity contribution in [2.24, 2.45) is 0 Å². The van der Waals surface area contributed by atoms with Crippen molar-refractivity contribution in [2.45, 2.75) is 6.42 Å². The summed E-state index contributed by atoms with van der Waals surface area (Å²) in [5.74, 6) is -0.451. The van der Waals surface area contributed by atoms with Gasteiger partial charge < -0.3 is 9.80 Å². The van der Waals surface area contributed by atoms with Crippen LogP contribution in [-0.4, -0.2) is 52.1 Å². The molecule has 2 amide bonds. The number of pyridine rings is 1. The molecule has 3 heterocycles. The quantitative estimate of drug-likeness (QED) is 0.748. The minimum Gasteiger partial charge on any atom is -0.343 e. The SMILES string of the molecule is CN(C)C(=O)c1[nH]nc2c1CCN(c1ccc(-n3ccccc3=O)cc1)C2=O. The summed E-state index contributed by atoms with van der Waals surface area (Å²) in [5, 5.41) is 6.79. The van der Waals surface area contributed by atoms with Crippen molar-refractivity contribution < 1.29 is 9.59 Å². The number of aromatic nitrogens is 3. The van der Waals surface area contributed by atoms with E-state index in [1.165, 1.54) is 15.5 Å². The Labute approximate surface area is 161 Å². The lowest BCUT2D eigenvalue weighted by atomic mass is 10.0. The highest BCUT2D eigenvalue weighted by Crippen LogP contribution is 2.26. The van der Waals surface area contributed by atoms with Gasteiger partial charge in [0.2, 0.25) is 0 Å². The Bertz CT molecular complexity index is 1110.